The molecule has 0 aliphatic carbocycles. The summed E-state index contributed by atoms with van der Waals surface area (Å²) in [6.45, 7) is 5.81. The van der Waals surface area contributed by atoms with Crippen LogP contribution in [0.3, 0.4) is 0 Å². The molecule has 0 bridgehead atoms. The number of carbonyl (C=O) groups excluding carboxylic acids is 2. The summed E-state index contributed by atoms with van der Waals surface area (Å²) in [6.07, 6.45) is 4.63. The van der Waals surface area contributed by atoms with Crippen LogP contribution in [0, 0.1) is 12.8 Å². The molecule has 0 aliphatic heterocycles. The average Bonchev–Trinajstić information content (AvgIpc) is 3.19. The molecule has 164 valence electrons. The molecule has 2 heterocycles. The van der Waals surface area contributed by atoms with Crippen molar-refractivity contribution >= 4 is 29.2 Å². The van der Waals surface area contributed by atoms with E-state index in [9.17, 15) is 9.59 Å². The van der Waals surface area contributed by atoms with E-state index in [2.05, 4.69) is 20.8 Å². The SMILES string of the molecule is CSCC[C@@H](NC(=O)[C@@H](NC(=O)c1ccc(C)cc1)C(C)C)c1nnc2ccccn12. The first-order chi connectivity index (χ1) is 14.9. The topological polar surface area (TPSA) is 88.4 Å². The molecule has 0 spiro atoms. The highest BCUT2D eigenvalue weighted by atomic mass is 32.2. The van der Waals surface area contributed by atoms with E-state index < -0.39 is 6.04 Å². The summed E-state index contributed by atoms with van der Waals surface area (Å²) in [4.78, 5) is 25.9. The van der Waals surface area contributed by atoms with Gasteiger partial charge in [0.05, 0.1) is 6.04 Å². The van der Waals surface area contributed by atoms with Crippen LogP contribution in [0.4, 0.5) is 0 Å². The number of aryl methyl sites for hydroxylation is 1. The average molecular weight is 440 g/mol. The molecule has 1 aromatic carbocycles. The number of thioether (sulfide) groups is 1. The lowest BCUT2D eigenvalue weighted by molar-refractivity contribution is -0.124. The number of benzene rings is 1. The van der Waals surface area contributed by atoms with Gasteiger partial charge in [-0.3, -0.25) is 14.0 Å². The molecule has 0 unspecified atom stereocenters. The van der Waals surface area contributed by atoms with Crippen LogP contribution in [0.1, 0.15) is 48.1 Å². The summed E-state index contributed by atoms with van der Waals surface area (Å²) in [5.41, 5.74) is 2.34. The molecule has 2 atom stereocenters. The molecule has 2 amide bonds. The molecule has 3 rings (SSSR count). The lowest BCUT2D eigenvalue weighted by atomic mass is 10.0. The minimum atomic E-state index is -0.662. The normalized spacial score (nSPS) is 13.2. The molecule has 7 nitrogen and oxygen atoms in total. The lowest BCUT2D eigenvalue weighted by Gasteiger charge is -2.25. The van der Waals surface area contributed by atoms with E-state index in [0.717, 1.165) is 17.0 Å². The fraction of sp³-hybridized carbons (Fsp3) is 0.391. The highest BCUT2D eigenvalue weighted by molar-refractivity contribution is 7.98. The number of carbonyl (C=O) groups is 2. The van der Waals surface area contributed by atoms with Gasteiger partial charge in [-0.1, -0.05) is 37.6 Å². The first-order valence-corrected chi connectivity index (χ1v) is 11.8. The van der Waals surface area contributed by atoms with E-state index >= 15 is 0 Å². The number of fused-ring (bicyclic) bond motifs is 1. The minimum absolute atomic E-state index is 0.0780. The second-order valence-electron chi connectivity index (χ2n) is 7.89. The standard InChI is InChI=1S/C23H29N5O2S/c1-15(2)20(25-22(29)17-10-8-16(3)9-11-17)23(30)24-18(12-14-31-4)21-27-26-19-7-5-6-13-28(19)21/h5-11,13,15,18,20H,12,14H2,1-4H3,(H,24,30)(H,25,29)/t18-,20+/m1/s1. The number of hydrogen-bond acceptors (Lipinski definition) is 5. The molecular formula is C23H29N5O2S. The molecule has 0 aliphatic rings. The molecule has 3 aromatic rings. The zero-order chi connectivity index (χ0) is 22.4. The molecule has 0 fully saturated rings. The Labute approximate surface area is 187 Å². The molecular weight excluding hydrogens is 410 g/mol. The van der Waals surface area contributed by atoms with E-state index in [1.807, 2.05) is 68.0 Å². The minimum Gasteiger partial charge on any atom is -0.344 e. The fourth-order valence-corrected chi connectivity index (χ4v) is 3.80. The van der Waals surface area contributed by atoms with Gasteiger partial charge in [-0.15, -0.1) is 10.2 Å². The van der Waals surface area contributed by atoms with Gasteiger partial charge in [-0.05, 0) is 55.5 Å². The van der Waals surface area contributed by atoms with Gasteiger partial charge in [-0.25, -0.2) is 0 Å². The number of nitrogens with one attached hydrogen (secondary N) is 2. The van der Waals surface area contributed by atoms with Crippen molar-refractivity contribution in [3.63, 3.8) is 0 Å². The predicted molar refractivity (Wildman–Crippen MR) is 124 cm³/mol. The van der Waals surface area contributed by atoms with Crippen LogP contribution in [0.25, 0.3) is 5.65 Å². The van der Waals surface area contributed by atoms with Crippen molar-refractivity contribution in [3.05, 3.63) is 65.6 Å². The Kier molecular flexibility index (Phi) is 7.68. The quantitative estimate of drug-likeness (QED) is 0.533. The summed E-state index contributed by atoms with van der Waals surface area (Å²) in [5.74, 6) is 0.974. The maximum Gasteiger partial charge on any atom is 0.251 e. The summed E-state index contributed by atoms with van der Waals surface area (Å²) in [6, 6.07) is 12.0. The Morgan fingerprint density at radius 2 is 1.81 bits per heavy atom. The number of nitrogens with zero attached hydrogens (tertiary/aromatic N) is 3. The van der Waals surface area contributed by atoms with Gasteiger partial charge < -0.3 is 10.6 Å². The zero-order valence-electron chi connectivity index (χ0n) is 18.3. The van der Waals surface area contributed by atoms with E-state index in [1.54, 1.807) is 23.9 Å². The first kappa shape index (κ1) is 22.8. The van der Waals surface area contributed by atoms with E-state index in [4.69, 9.17) is 0 Å². The summed E-state index contributed by atoms with van der Waals surface area (Å²) in [7, 11) is 0. The van der Waals surface area contributed by atoms with E-state index in [0.29, 0.717) is 17.8 Å². The Balaban J connectivity index is 1.79. The molecule has 31 heavy (non-hydrogen) atoms. The van der Waals surface area contributed by atoms with Crippen LogP contribution in [-0.4, -0.2) is 44.5 Å². The largest absolute Gasteiger partial charge is 0.344 e. The van der Waals surface area contributed by atoms with Crippen LogP contribution in [0.15, 0.2) is 48.7 Å². The third-order valence-corrected chi connectivity index (χ3v) is 5.77. The van der Waals surface area contributed by atoms with Crippen LogP contribution in [0.2, 0.25) is 0 Å². The van der Waals surface area contributed by atoms with Gasteiger partial charge in [0.1, 0.15) is 6.04 Å². The molecule has 0 saturated carbocycles. The van der Waals surface area contributed by atoms with Crippen LogP contribution in [0.5, 0.6) is 0 Å². The fourth-order valence-electron chi connectivity index (χ4n) is 3.32. The lowest BCUT2D eigenvalue weighted by Crippen LogP contribution is -2.50. The van der Waals surface area contributed by atoms with Crippen LogP contribution in [-0.2, 0) is 4.79 Å². The summed E-state index contributed by atoms with van der Waals surface area (Å²) in [5, 5.41) is 14.5. The summed E-state index contributed by atoms with van der Waals surface area (Å²) >= 11 is 1.70. The van der Waals surface area contributed by atoms with Crippen LogP contribution >= 0.6 is 11.8 Å². The molecule has 0 saturated heterocycles. The molecule has 2 aromatic heterocycles. The third kappa shape index (κ3) is 5.64. The zero-order valence-corrected chi connectivity index (χ0v) is 19.1. The van der Waals surface area contributed by atoms with Gasteiger partial charge in [0.25, 0.3) is 5.91 Å². The maximum atomic E-state index is 13.2. The first-order valence-electron chi connectivity index (χ1n) is 10.4. The second kappa shape index (κ2) is 10.4. The maximum absolute atomic E-state index is 13.2. The van der Waals surface area contributed by atoms with Crippen molar-refractivity contribution in [1.82, 2.24) is 25.2 Å². The number of pyridine rings is 1. The molecule has 2 N–H and O–H groups in total. The molecule has 8 heteroatoms. The van der Waals surface area contributed by atoms with Gasteiger partial charge in [-0.2, -0.15) is 11.8 Å². The molecule has 0 radical (unpaired) electrons. The van der Waals surface area contributed by atoms with Crippen molar-refractivity contribution < 1.29 is 9.59 Å². The van der Waals surface area contributed by atoms with E-state index in [1.165, 1.54) is 0 Å². The van der Waals surface area contributed by atoms with Crippen molar-refractivity contribution in [2.75, 3.05) is 12.0 Å². The number of amides is 2. The van der Waals surface area contributed by atoms with Gasteiger partial charge in [0, 0.05) is 11.8 Å². The van der Waals surface area contributed by atoms with Gasteiger partial charge in [0.2, 0.25) is 5.91 Å². The summed E-state index contributed by atoms with van der Waals surface area (Å²) < 4.78 is 1.89. The van der Waals surface area contributed by atoms with Crippen LogP contribution < -0.4 is 10.6 Å². The van der Waals surface area contributed by atoms with Crippen molar-refractivity contribution in [2.45, 2.75) is 39.3 Å². The van der Waals surface area contributed by atoms with Crippen molar-refractivity contribution in [1.29, 1.82) is 0 Å². The van der Waals surface area contributed by atoms with Gasteiger partial charge in [0.15, 0.2) is 11.5 Å². The Bertz CT molecular complexity index is 1030. The highest BCUT2D eigenvalue weighted by Crippen LogP contribution is 2.19. The van der Waals surface area contributed by atoms with E-state index in [-0.39, 0.29) is 23.8 Å². The predicted octanol–water partition coefficient (Wildman–Crippen LogP) is 3.40. The second-order valence-corrected chi connectivity index (χ2v) is 8.88. The van der Waals surface area contributed by atoms with Crippen molar-refractivity contribution in [3.8, 4) is 0 Å². The monoisotopic (exact) mass is 439 g/mol. The number of aromatic nitrogens is 3. The smallest absolute Gasteiger partial charge is 0.251 e. The Morgan fingerprint density at radius 1 is 1.06 bits per heavy atom. The highest BCUT2D eigenvalue weighted by Gasteiger charge is 2.28. The van der Waals surface area contributed by atoms with Crippen molar-refractivity contribution in [2.24, 2.45) is 5.92 Å². The van der Waals surface area contributed by atoms with Gasteiger partial charge >= 0.3 is 0 Å². The number of hydrogen-bond donors (Lipinski definition) is 2. The third-order valence-electron chi connectivity index (χ3n) is 5.13. The number of rotatable bonds is 9. The Hall–Kier alpha value is -2.87. The Morgan fingerprint density at radius 3 is 2.48 bits per heavy atom.